The molecule has 0 aliphatic carbocycles. The van der Waals surface area contributed by atoms with Crippen LogP contribution >= 0.6 is 12.2 Å². The van der Waals surface area contributed by atoms with Crippen molar-refractivity contribution in [2.45, 2.75) is 18.6 Å². The Bertz CT molecular complexity index is 915. The molecule has 0 radical (unpaired) electrons. The second-order valence-corrected chi connectivity index (χ2v) is 8.22. The van der Waals surface area contributed by atoms with Crippen LogP contribution in [0.25, 0.3) is 0 Å². The number of hydrogen-bond donors (Lipinski definition) is 1. The van der Waals surface area contributed by atoms with Crippen LogP contribution in [0.15, 0.2) is 44.5 Å². The minimum Gasteiger partial charge on any atom is -0.467 e. The van der Waals surface area contributed by atoms with Crippen LogP contribution in [0.4, 0.5) is 0 Å². The normalized spacial score (nSPS) is 15.4. The maximum Gasteiger partial charge on any atom is 0.374 e. The average Bonchev–Trinajstić information content (AvgIpc) is 3.38. The van der Waals surface area contributed by atoms with Gasteiger partial charge < -0.3 is 23.8 Å². The molecule has 0 amide bonds. The van der Waals surface area contributed by atoms with Crippen molar-refractivity contribution < 1.29 is 26.8 Å². The Morgan fingerprint density at radius 3 is 2.64 bits per heavy atom. The first-order chi connectivity index (χ1) is 13.4. The largest absolute Gasteiger partial charge is 0.467 e. The number of hydrogen-bond acceptors (Lipinski definition) is 7. The van der Waals surface area contributed by atoms with Crippen LogP contribution in [-0.4, -0.2) is 61.5 Å². The van der Waals surface area contributed by atoms with Crippen molar-refractivity contribution in [1.82, 2.24) is 14.5 Å². The van der Waals surface area contributed by atoms with Crippen molar-refractivity contribution in [3.63, 3.8) is 0 Å². The zero-order valence-electron chi connectivity index (χ0n) is 15.3. The molecule has 1 fully saturated rings. The van der Waals surface area contributed by atoms with Crippen LogP contribution in [0.5, 0.6) is 0 Å². The van der Waals surface area contributed by atoms with E-state index in [0.717, 1.165) is 5.76 Å². The molecule has 3 rings (SSSR count). The SMILES string of the molecule is CCOC(=O)c1ccc(S(=O)(=O)N2CCN(C(=S)NCc3ccco3)CC2)o1. The van der Waals surface area contributed by atoms with E-state index in [-0.39, 0.29) is 30.5 Å². The molecule has 2 aromatic rings. The van der Waals surface area contributed by atoms with E-state index in [4.69, 9.17) is 25.8 Å². The summed E-state index contributed by atoms with van der Waals surface area (Å²) in [6, 6.07) is 6.21. The first kappa shape index (κ1) is 20.4. The topological polar surface area (TPSA) is 105 Å². The molecule has 0 spiro atoms. The minimum atomic E-state index is -3.83. The first-order valence-electron chi connectivity index (χ1n) is 8.74. The molecule has 1 aliphatic heterocycles. The van der Waals surface area contributed by atoms with E-state index in [1.54, 1.807) is 19.3 Å². The van der Waals surface area contributed by atoms with E-state index in [0.29, 0.717) is 24.7 Å². The number of carbonyl (C=O) groups is 1. The van der Waals surface area contributed by atoms with Crippen LogP contribution in [0.3, 0.4) is 0 Å². The third-order valence-electron chi connectivity index (χ3n) is 4.17. The molecule has 3 heterocycles. The molecule has 0 aromatic carbocycles. The lowest BCUT2D eigenvalue weighted by Crippen LogP contribution is -2.52. The number of piperazine rings is 1. The number of nitrogens with one attached hydrogen (secondary N) is 1. The summed E-state index contributed by atoms with van der Waals surface area (Å²) in [6.07, 6.45) is 1.59. The average molecular weight is 428 g/mol. The molecule has 0 saturated carbocycles. The highest BCUT2D eigenvalue weighted by atomic mass is 32.2. The van der Waals surface area contributed by atoms with Gasteiger partial charge in [-0.25, -0.2) is 13.2 Å². The van der Waals surface area contributed by atoms with Gasteiger partial charge in [0.2, 0.25) is 10.9 Å². The Kier molecular flexibility index (Phi) is 6.37. The summed E-state index contributed by atoms with van der Waals surface area (Å²) in [7, 11) is -3.83. The summed E-state index contributed by atoms with van der Waals surface area (Å²) < 4.78 is 42.1. The lowest BCUT2D eigenvalue weighted by molar-refractivity contribution is 0.0483. The highest BCUT2D eigenvalue weighted by Gasteiger charge is 2.32. The van der Waals surface area contributed by atoms with Crippen molar-refractivity contribution >= 4 is 33.3 Å². The van der Waals surface area contributed by atoms with E-state index in [1.165, 1.54) is 16.4 Å². The molecular weight excluding hydrogens is 406 g/mol. The molecule has 0 atom stereocenters. The van der Waals surface area contributed by atoms with E-state index >= 15 is 0 Å². The zero-order valence-corrected chi connectivity index (χ0v) is 16.9. The maximum atomic E-state index is 12.7. The van der Waals surface area contributed by atoms with Crippen LogP contribution < -0.4 is 5.32 Å². The highest BCUT2D eigenvalue weighted by molar-refractivity contribution is 7.89. The lowest BCUT2D eigenvalue weighted by atomic mass is 10.4. The fourth-order valence-electron chi connectivity index (χ4n) is 2.72. The van der Waals surface area contributed by atoms with Crippen LogP contribution in [0, 0.1) is 0 Å². The molecule has 11 heteroatoms. The van der Waals surface area contributed by atoms with Crippen molar-refractivity contribution in [3.8, 4) is 0 Å². The van der Waals surface area contributed by atoms with Gasteiger partial charge in [-0.2, -0.15) is 4.31 Å². The lowest BCUT2D eigenvalue weighted by Gasteiger charge is -2.34. The van der Waals surface area contributed by atoms with Gasteiger partial charge in [0.15, 0.2) is 5.11 Å². The fourth-order valence-corrected chi connectivity index (χ4v) is 4.31. The molecular formula is C17H21N3O6S2. The molecule has 1 N–H and O–H groups in total. The van der Waals surface area contributed by atoms with Gasteiger partial charge in [-0.3, -0.25) is 0 Å². The molecule has 28 heavy (non-hydrogen) atoms. The summed E-state index contributed by atoms with van der Waals surface area (Å²) in [5.41, 5.74) is 0. The van der Waals surface area contributed by atoms with Crippen LogP contribution in [-0.2, 0) is 21.3 Å². The predicted octanol–water partition coefficient (Wildman–Crippen LogP) is 1.43. The second kappa shape index (κ2) is 8.76. The van der Waals surface area contributed by atoms with Crippen molar-refractivity contribution in [2.24, 2.45) is 0 Å². The van der Waals surface area contributed by atoms with Crippen LogP contribution in [0.1, 0.15) is 23.2 Å². The Labute approximate surface area is 168 Å². The molecule has 9 nitrogen and oxygen atoms in total. The summed E-state index contributed by atoms with van der Waals surface area (Å²) in [5.74, 6) is -0.0668. The van der Waals surface area contributed by atoms with Gasteiger partial charge in [0.05, 0.1) is 19.4 Å². The van der Waals surface area contributed by atoms with Gasteiger partial charge >= 0.3 is 5.97 Å². The van der Waals surface area contributed by atoms with Crippen molar-refractivity contribution in [2.75, 3.05) is 32.8 Å². The molecule has 1 saturated heterocycles. The Balaban J connectivity index is 1.56. The van der Waals surface area contributed by atoms with Crippen molar-refractivity contribution in [3.05, 3.63) is 42.0 Å². The fraction of sp³-hybridized carbons (Fsp3) is 0.412. The Morgan fingerprint density at radius 1 is 1.25 bits per heavy atom. The number of sulfonamides is 1. The van der Waals surface area contributed by atoms with E-state index in [9.17, 15) is 13.2 Å². The number of rotatable bonds is 6. The maximum absolute atomic E-state index is 12.7. The van der Waals surface area contributed by atoms with Gasteiger partial charge in [0.1, 0.15) is 5.76 Å². The first-order valence-corrected chi connectivity index (χ1v) is 10.6. The number of nitrogens with zero attached hydrogens (tertiary/aromatic N) is 2. The smallest absolute Gasteiger partial charge is 0.374 e. The summed E-state index contributed by atoms with van der Waals surface area (Å²) in [6.45, 7) is 3.68. The summed E-state index contributed by atoms with van der Waals surface area (Å²) in [4.78, 5) is 13.6. The highest BCUT2D eigenvalue weighted by Crippen LogP contribution is 2.21. The third-order valence-corrected chi connectivity index (χ3v) is 6.35. The van der Waals surface area contributed by atoms with Gasteiger partial charge in [-0.05, 0) is 43.4 Å². The molecule has 0 bridgehead atoms. The van der Waals surface area contributed by atoms with E-state index < -0.39 is 16.0 Å². The van der Waals surface area contributed by atoms with Crippen molar-refractivity contribution in [1.29, 1.82) is 0 Å². The third kappa shape index (κ3) is 4.54. The van der Waals surface area contributed by atoms with Gasteiger partial charge in [-0.15, -0.1) is 0 Å². The van der Waals surface area contributed by atoms with Gasteiger partial charge in [0.25, 0.3) is 10.0 Å². The number of carbonyl (C=O) groups excluding carboxylic acids is 1. The molecule has 1 aliphatic rings. The number of esters is 1. The van der Waals surface area contributed by atoms with E-state index in [1.807, 2.05) is 11.0 Å². The van der Waals surface area contributed by atoms with Gasteiger partial charge in [-0.1, -0.05) is 0 Å². The van der Waals surface area contributed by atoms with Gasteiger partial charge in [0, 0.05) is 26.2 Å². The Hall–Kier alpha value is -2.37. The number of ether oxygens (including phenoxy) is 1. The molecule has 152 valence electrons. The Morgan fingerprint density at radius 2 is 2.00 bits per heavy atom. The predicted molar refractivity (Wildman–Crippen MR) is 103 cm³/mol. The number of thiocarbonyl (C=S) groups is 1. The number of furan rings is 2. The summed E-state index contributed by atoms with van der Waals surface area (Å²) >= 11 is 5.36. The second-order valence-electron chi connectivity index (χ2n) is 5.97. The monoisotopic (exact) mass is 427 g/mol. The standard InChI is InChI=1S/C17H21N3O6S2/c1-2-24-16(21)14-5-6-15(26-14)28(22,23)20-9-7-19(8-10-20)17(27)18-12-13-4-3-11-25-13/h3-6,11H,2,7-10,12H2,1H3,(H,18,27). The molecule has 0 unspecified atom stereocenters. The summed E-state index contributed by atoms with van der Waals surface area (Å²) in [5, 5.41) is 3.36. The minimum absolute atomic E-state index is 0.137. The zero-order chi connectivity index (χ0) is 20.1. The van der Waals surface area contributed by atoms with Crippen LogP contribution in [0.2, 0.25) is 0 Å². The van der Waals surface area contributed by atoms with E-state index in [2.05, 4.69) is 5.32 Å². The quantitative estimate of drug-likeness (QED) is 0.541. The molecule has 2 aromatic heterocycles.